The third-order valence-electron chi connectivity index (χ3n) is 3.47. The van der Waals surface area contributed by atoms with Crippen LogP contribution < -0.4 is 5.32 Å². The Labute approximate surface area is 101 Å². The van der Waals surface area contributed by atoms with E-state index in [1.807, 2.05) is 11.8 Å². The van der Waals surface area contributed by atoms with Gasteiger partial charge in [-0.25, -0.2) is 0 Å². The number of amides is 2. The average molecular weight is 240 g/mol. The molecule has 1 saturated heterocycles. The summed E-state index contributed by atoms with van der Waals surface area (Å²) < 4.78 is 0. The van der Waals surface area contributed by atoms with E-state index in [1.165, 1.54) is 0 Å². The van der Waals surface area contributed by atoms with E-state index in [1.54, 1.807) is 0 Å². The van der Waals surface area contributed by atoms with Crippen molar-refractivity contribution in [3.63, 3.8) is 0 Å². The maximum atomic E-state index is 11.9. The first-order chi connectivity index (χ1) is 8.11. The molecule has 2 N–H and O–H groups in total. The SMILES string of the molecule is CC(CCO)NC(=O)C1CC(=O)N(C2CC2)C1. The van der Waals surface area contributed by atoms with E-state index in [0.29, 0.717) is 25.4 Å². The van der Waals surface area contributed by atoms with Crippen molar-refractivity contribution >= 4 is 11.8 Å². The standard InChI is InChI=1S/C12H20N2O3/c1-8(4-5-15)13-12(17)9-6-11(16)14(7-9)10-2-3-10/h8-10,15H,2-7H2,1H3,(H,13,17). The summed E-state index contributed by atoms with van der Waals surface area (Å²) in [6.45, 7) is 2.50. The summed E-state index contributed by atoms with van der Waals surface area (Å²) in [5, 5.41) is 11.6. The van der Waals surface area contributed by atoms with Crippen molar-refractivity contribution in [1.82, 2.24) is 10.2 Å². The molecule has 2 amide bonds. The molecule has 0 aromatic heterocycles. The highest BCUT2D eigenvalue weighted by Gasteiger charge is 2.41. The van der Waals surface area contributed by atoms with Crippen molar-refractivity contribution in [2.24, 2.45) is 5.92 Å². The molecule has 0 radical (unpaired) electrons. The number of nitrogens with zero attached hydrogens (tertiary/aromatic N) is 1. The zero-order valence-electron chi connectivity index (χ0n) is 10.2. The first-order valence-corrected chi connectivity index (χ1v) is 6.32. The van der Waals surface area contributed by atoms with Gasteiger partial charge in [-0.05, 0) is 26.2 Å². The second-order valence-corrected chi connectivity index (χ2v) is 5.10. The van der Waals surface area contributed by atoms with Gasteiger partial charge in [0.2, 0.25) is 11.8 Å². The van der Waals surface area contributed by atoms with Gasteiger partial charge in [-0.3, -0.25) is 9.59 Å². The van der Waals surface area contributed by atoms with Crippen molar-refractivity contribution in [1.29, 1.82) is 0 Å². The van der Waals surface area contributed by atoms with E-state index in [4.69, 9.17) is 5.11 Å². The van der Waals surface area contributed by atoms with Crippen LogP contribution in [0.3, 0.4) is 0 Å². The molecular weight excluding hydrogens is 220 g/mol. The summed E-state index contributed by atoms with van der Waals surface area (Å²) in [6.07, 6.45) is 3.06. The first-order valence-electron chi connectivity index (χ1n) is 6.32. The van der Waals surface area contributed by atoms with Gasteiger partial charge in [-0.15, -0.1) is 0 Å². The molecule has 1 heterocycles. The van der Waals surface area contributed by atoms with Crippen molar-refractivity contribution in [3.05, 3.63) is 0 Å². The number of hydrogen-bond acceptors (Lipinski definition) is 3. The Morgan fingerprint density at radius 3 is 2.88 bits per heavy atom. The molecule has 1 saturated carbocycles. The molecule has 0 bridgehead atoms. The van der Waals surface area contributed by atoms with E-state index >= 15 is 0 Å². The van der Waals surface area contributed by atoms with Gasteiger partial charge in [0.1, 0.15) is 0 Å². The molecule has 1 aliphatic carbocycles. The molecule has 17 heavy (non-hydrogen) atoms. The highest BCUT2D eigenvalue weighted by Crippen LogP contribution is 2.32. The molecule has 2 fully saturated rings. The van der Waals surface area contributed by atoms with Crippen LogP contribution in [0.25, 0.3) is 0 Å². The Bertz CT molecular complexity index is 315. The maximum Gasteiger partial charge on any atom is 0.225 e. The minimum absolute atomic E-state index is 0.0300. The van der Waals surface area contributed by atoms with E-state index in [0.717, 1.165) is 12.8 Å². The summed E-state index contributed by atoms with van der Waals surface area (Å²) in [6, 6.07) is 0.368. The lowest BCUT2D eigenvalue weighted by atomic mass is 10.1. The van der Waals surface area contributed by atoms with Crippen LogP contribution in [-0.4, -0.2) is 47.1 Å². The van der Waals surface area contributed by atoms with Crippen LogP contribution in [0.1, 0.15) is 32.6 Å². The first kappa shape index (κ1) is 12.4. The number of likely N-dealkylation sites (tertiary alicyclic amines) is 1. The van der Waals surface area contributed by atoms with E-state index < -0.39 is 0 Å². The minimum atomic E-state index is -0.204. The summed E-state index contributed by atoms with van der Waals surface area (Å²) in [5.74, 6) is -0.144. The number of aliphatic hydroxyl groups is 1. The smallest absolute Gasteiger partial charge is 0.225 e. The Hall–Kier alpha value is -1.10. The molecule has 2 rings (SSSR count). The average Bonchev–Trinajstić information content (AvgIpc) is 3.02. The molecule has 96 valence electrons. The fourth-order valence-electron chi connectivity index (χ4n) is 2.27. The van der Waals surface area contributed by atoms with Gasteiger partial charge in [0.05, 0.1) is 5.92 Å². The third kappa shape index (κ3) is 2.97. The number of hydrogen-bond donors (Lipinski definition) is 2. The predicted octanol–water partition coefficient (Wildman–Crippen LogP) is -0.116. The Kier molecular flexibility index (Phi) is 3.66. The molecular formula is C12H20N2O3. The van der Waals surface area contributed by atoms with Crippen molar-refractivity contribution in [2.45, 2.75) is 44.7 Å². The fourth-order valence-corrected chi connectivity index (χ4v) is 2.27. The largest absolute Gasteiger partial charge is 0.396 e. The monoisotopic (exact) mass is 240 g/mol. The van der Waals surface area contributed by atoms with Crippen LogP contribution in [0.5, 0.6) is 0 Å². The Morgan fingerprint density at radius 1 is 1.59 bits per heavy atom. The van der Waals surface area contributed by atoms with Crippen molar-refractivity contribution < 1.29 is 14.7 Å². The topological polar surface area (TPSA) is 69.6 Å². The Morgan fingerprint density at radius 2 is 2.29 bits per heavy atom. The normalized spacial score (nSPS) is 26.1. The molecule has 0 aromatic rings. The summed E-state index contributed by atoms with van der Waals surface area (Å²) >= 11 is 0. The van der Waals surface area contributed by atoms with Crippen molar-refractivity contribution in [3.8, 4) is 0 Å². The molecule has 0 spiro atoms. The lowest BCUT2D eigenvalue weighted by molar-refractivity contribution is -0.129. The lowest BCUT2D eigenvalue weighted by Gasteiger charge is -2.17. The second kappa shape index (κ2) is 5.04. The molecule has 2 unspecified atom stereocenters. The number of nitrogens with one attached hydrogen (secondary N) is 1. The summed E-state index contributed by atoms with van der Waals surface area (Å²) in [4.78, 5) is 25.4. The fraction of sp³-hybridized carbons (Fsp3) is 0.833. The molecule has 1 aliphatic heterocycles. The van der Waals surface area contributed by atoms with E-state index in [2.05, 4.69) is 5.32 Å². The highest BCUT2D eigenvalue weighted by molar-refractivity contribution is 5.89. The van der Waals surface area contributed by atoms with Gasteiger partial charge >= 0.3 is 0 Å². The minimum Gasteiger partial charge on any atom is -0.396 e. The lowest BCUT2D eigenvalue weighted by Crippen LogP contribution is -2.39. The number of rotatable bonds is 5. The van der Waals surface area contributed by atoms with Crippen LogP contribution in [0.2, 0.25) is 0 Å². The van der Waals surface area contributed by atoms with Gasteiger partial charge in [-0.2, -0.15) is 0 Å². The van der Waals surface area contributed by atoms with Crippen LogP contribution in [-0.2, 0) is 9.59 Å². The summed E-state index contributed by atoms with van der Waals surface area (Å²) in [5.41, 5.74) is 0. The van der Waals surface area contributed by atoms with Gasteiger partial charge in [0.15, 0.2) is 0 Å². The van der Waals surface area contributed by atoms with Crippen LogP contribution in [0, 0.1) is 5.92 Å². The summed E-state index contributed by atoms with van der Waals surface area (Å²) in [7, 11) is 0. The molecule has 0 aromatic carbocycles. The number of carbonyl (C=O) groups is 2. The zero-order valence-corrected chi connectivity index (χ0v) is 10.2. The zero-order chi connectivity index (χ0) is 12.4. The molecule has 5 heteroatoms. The van der Waals surface area contributed by atoms with Crippen molar-refractivity contribution in [2.75, 3.05) is 13.2 Å². The van der Waals surface area contributed by atoms with Crippen LogP contribution in [0.4, 0.5) is 0 Å². The van der Waals surface area contributed by atoms with Crippen LogP contribution >= 0.6 is 0 Å². The third-order valence-corrected chi connectivity index (χ3v) is 3.47. The second-order valence-electron chi connectivity index (χ2n) is 5.10. The van der Waals surface area contributed by atoms with Crippen LogP contribution in [0.15, 0.2) is 0 Å². The Balaban J connectivity index is 1.82. The van der Waals surface area contributed by atoms with Gasteiger partial charge in [0.25, 0.3) is 0 Å². The maximum absolute atomic E-state index is 11.9. The number of aliphatic hydroxyl groups excluding tert-OH is 1. The highest BCUT2D eigenvalue weighted by atomic mass is 16.3. The molecule has 2 atom stereocenters. The van der Waals surface area contributed by atoms with E-state index in [-0.39, 0.29) is 30.4 Å². The van der Waals surface area contributed by atoms with Gasteiger partial charge in [0, 0.05) is 31.7 Å². The number of carbonyl (C=O) groups excluding carboxylic acids is 2. The van der Waals surface area contributed by atoms with E-state index in [9.17, 15) is 9.59 Å². The van der Waals surface area contributed by atoms with Gasteiger partial charge in [-0.1, -0.05) is 0 Å². The predicted molar refractivity (Wildman–Crippen MR) is 62.1 cm³/mol. The molecule has 2 aliphatic rings. The quantitative estimate of drug-likeness (QED) is 0.704. The molecule has 5 nitrogen and oxygen atoms in total. The van der Waals surface area contributed by atoms with Gasteiger partial charge < -0.3 is 15.3 Å².